The van der Waals surface area contributed by atoms with Crippen LogP contribution in [0.2, 0.25) is 0 Å². The Morgan fingerprint density at radius 2 is 1.62 bits per heavy atom. The lowest BCUT2D eigenvalue weighted by Crippen LogP contribution is -2.17. The minimum atomic E-state index is 0.978. The molecule has 3 aromatic rings. The highest BCUT2D eigenvalue weighted by atomic mass is 32.1. The number of rotatable bonds is 5. The molecule has 0 saturated heterocycles. The second kappa shape index (κ2) is 6.55. The van der Waals surface area contributed by atoms with Gasteiger partial charge in [0.1, 0.15) is 0 Å². The maximum absolute atomic E-state index is 4.82. The van der Waals surface area contributed by atoms with Crippen molar-refractivity contribution in [2.45, 2.75) is 13.3 Å². The van der Waals surface area contributed by atoms with Crippen LogP contribution in [0.1, 0.15) is 13.3 Å². The molecule has 0 fully saturated rings. The van der Waals surface area contributed by atoms with Gasteiger partial charge in [-0.05, 0) is 18.6 Å². The van der Waals surface area contributed by atoms with Crippen molar-refractivity contribution in [1.82, 2.24) is 4.98 Å². The molecule has 0 aliphatic heterocycles. The average molecular weight is 294 g/mol. The van der Waals surface area contributed by atoms with E-state index in [0.29, 0.717) is 0 Å². The molecule has 0 saturated carbocycles. The number of thiazole rings is 1. The molecule has 1 aromatic heterocycles. The highest BCUT2D eigenvalue weighted by Gasteiger charge is 2.13. The van der Waals surface area contributed by atoms with E-state index in [-0.39, 0.29) is 0 Å². The smallest absolute Gasteiger partial charge is 0.190 e. The van der Waals surface area contributed by atoms with Gasteiger partial charge >= 0.3 is 0 Å². The van der Waals surface area contributed by atoms with Crippen molar-refractivity contribution in [2.75, 3.05) is 11.4 Å². The van der Waals surface area contributed by atoms with Crippen LogP contribution in [-0.2, 0) is 0 Å². The third-order valence-electron chi connectivity index (χ3n) is 3.31. The Morgan fingerprint density at radius 3 is 2.29 bits per heavy atom. The van der Waals surface area contributed by atoms with Gasteiger partial charge in [-0.2, -0.15) is 0 Å². The molecule has 0 aliphatic carbocycles. The van der Waals surface area contributed by atoms with Gasteiger partial charge in [0.25, 0.3) is 0 Å². The van der Waals surface area contributed by atoms with Crippen LogP contribution in [0.4, 0.5) is 10.8 Å². The van der Waals surface area contributed by atoms with Gasteiger partial charge in [0.2, 0.25) is 0 Å². The molecule has 0 amide bonds. The second-order valence-corrected chi connectivity index (χ2v) is 5.71. The summed E-state index contributed by atoms with van der Waals surface area (Å²) in [5.74, 6) is 0. The van der Waals surface area contributed by atoms with E-state index in [1.807, 2.05) is 12.1 Å². The molecule has 2 nitrogen and oxygen atoms in total. The summed E-state index contributed by atoms with van der Waals surface area (Å²) in [4.78, 5) is 7.11. The summed E-state index contributed by atoms with van der Waals surface area (Å²) in [6, 6.07) is 20.8. The Kier molecular flexibility index (Phi) is 4.31. The lowest BCUT2D eigenvalue weighted by molar-refractivity contribution is 0.881. The number of hydrogen-bond donors (Lipinski definition) is 0. The first kappa shape index (κ1) is 13.8. The Bertz CT molecular complexity index is 677. The lowest BCUT2D eigenvalue weighted by Gasteiger charge is -2.21. The summed E-state index contributed by atoms with van der Waals surface area (Å²) >= 11 is 1.70. The molecule has 3 heteroatoms. The molecule has 0 radical (unpaired) electrons. The maximum atomic E-state index is 4.82. The van der Waals surface area contributed by atoms with Crippen LogP contribution in [-0.4, -0.2) is 11.5 Å². The highest BCUT2D eigenvalue weighted by molar-refractivity contribution is 7.14. The van der Waals surface area contributed by atoms with Crippen molar-refractivity contribution in [3.05, 3.63) is 66.0 Å². The fourth-order valence-corrected chi connectivity index (χ4v) is 3.18. The van der Waals surface area contributed by atoms with Crippen molar-refractivity contribution in [1.29, 1.82) is 0 Å². The number of benzene rings is 2. The fourth-order valence-electron chi connectivity index (χ4n) is 2.30. The molecule has 106 valence electrons. The van der Waals surface area contributed by atoms with Crippen molar-refractivity contribution in [2.24, 2.45) is 0 Å². The normalized spacial score (nSPS) is 10.5. The van der Waals surface area contributed by atoms with Crippen LogP contribution in [0.5, 0.6) is 0 Å². The molecular weight excluding hydrogens is 276 g/mol. The second-order valence-electron chi connectivity index (χ2n) is 4.87. The zero-order valence-electron chi connectivity index (χ0n) is 12.1. The molecule has 2 aromatic carbocycles. The Balaban J connectivity index is 1.93. The van der Waals surface area contributed by atoms with E-state index in [9.17, 15) is 0 Å². The van der Waals surface area contributed by atoms with E-state index in [1.165, 1.54) is 11.3 Å². The third-order valence-corrected chi connectivity index (χ3v) is 4.17. The lowest BCUT2D eigenvalue weighted by atomic mass is 10.2. The average Bonchev–Trinajstić information content (AvgIpc) is 3.04. The molecule has 0 aliphatic rings. The molecule has 0 bridgehead atoms. The molecule has 21 heavy (non-hydrogen) atoms. The maximum Gasteiger partial charge on any atom is 0.190 e. The zero-order valence-corrected chi connectivity index (χ0v) is 12.9. The van der Waals surface area contributed by atoms with Crippen LogP contribution in [0.15, 0.2) is 66.0 Å². The minimum Gasteiger partial charge on any atom is -0.318 e. The summed E-state index contributed by atoms with van der Waals surface area (Å²) in [7, 11) is 0. The molecule has 3 rings (SSSR count). The monoisotopic (exact) mass is 294 g/mol. The van der Waals surface area contributed by atoms with Gasteiger partial charge in [0.05, 0.1) is 5.69 Å². The molecular formula is C18H18N2S. The third kappa shape index (κ3) is 3.14. The van der Waals surface area contributed by atoms with Crippen molar-refractivity contribution >= 4 is 22.2 Å². The summed E-state index contributed by atoms with van der Waals surface area (Å²) in [6.07, 6.45) is 1.09. The van der Waals surface area contributed by atoms with Gasteiger partial charge in [0, 0.05) is 23.2 Å². The number of para-hydroxylation sites is 1. The minimum absolute atomic E-state index is 0.978. The first-order valence-electron chi connectivity index (χ1n) is 7.22. The first-order chi connectivity index (χ1) is 10.4. The van der Waals surface area contributed by atoms with Crippen LogP contribution in [0.3, 0.4) is 0 Å². The summed E-state index contributed by atoms with van der Waals surface area (Å²) < 4.78 is 0. The predicted octanol–water partition coefficient (Wildman–Crippen LogP) is 5.36. The topological polar surface area (TPSA) is 16.1 Å². The molecule has 0 N–H and O–H groups in total. The van der Waals surface area contributed by atoms with Gasteiger partial charge < -0.3 is 4.90 Å². The van der Waals surface area contributed by atoms with E-state index in [2.05, 4.69) is 65.7 Å². The molecule has 1 heterocycles. The fraction of sp³-hybridized carbons (Fsp3) is 0.167. The molecule has 0 spiro atoms. The number of aromatic nitrogens is 1. The van der Waals surface area contributed by atoms with Gasteiger partial charge in [-0.1, -0.05) is 55.5 Å². The molecule has 0 unspecified atom stereocenters. The Morgan fingerprint density at radius 1 is 0.952 bits per heavy atom. The summed E-state index contributed by atoms with van der Waals surface area (Å²) in [6.45, 7) is 3.17. The predicted molar refractivity (Wildman–Crippen MR) is 91.3 cm³/mol. The Hall–Kier alpha value is -2.13. The Labute approximate surface area is 129 Å². The highest BCUT2D eigenvalue weighted by Crippen LogP contribution is 2.32. The van der Waals surface area contributed by atoms with Crippen molar-refractivity contribution < 1.29 is 0 Å². The van der Waals surface area contributed by atoms with E-state index >= 15 is 0 Å². The van der Waals surface area contributed by atoms with E-state index in [1.54, 1.807) is 11.3 Å². The van der Waals surface area contributed by atoms with Gasteiger partial charge in [-0.3, -0.25) is 0 Å². The number of hydrogen-bond acceptors (Lipinski definition) is 3. The number of anilines is 2. The molecule has 0 atom stereocenters. The van der Waals surface area contributed by atoms with Crippen LogP contribution in [0.25, 0.3) is 11.3 Å². The quantitative estimate of drug-likeness (QED) is 0.630. The van der Waals surface area contributed by atoms with E-state index < -0.39 is 0 Å². The van der Waals surface area contributed by atoms with Crippen LogP contribution >= 0.6 is 11.3 Å². The standard InChI is InChI=1S/C18H18N2S/c1-2-13-20(16-11-7-4-8-12-16)18-19-17(14-21-18)15-9-5-3-6-10-15/h3-12,14H,2,13H2,1H3. The first-order valence-corrected chi connectivity index (χ1v) is 8.10. The van der Waals surface area contributed by atoms with Crippen molar-refractivity contribution in [3.8, 4) is 11.3 Å². The van der Waals surface area contributed by atoms with Gasteiger partial charge in [-0.15, -0.1) is 11.3 Å². The zero-order chi connectivity index (χ0) is 14.5. The van der Waals surface area contributed by atoms with Gasteiger partial charge in [0.15, 0.2) is 5.13 Å². The van der Waals surface area contributed by atoms with Gasteiger partial charge in [-0.25, -0.2) is 4.98 Å². The SMILES string of the molecule is CCCN(c1ccccc1)c1nc(-c2ccccc2)cs1. The summed E-state index contributed by atoms with van der Waals surface area (Å²) in [5.41, 5.74) is 3.42. The largest absolute Gasteiger partial charge is 0.318 e. The van der Waals surface area contributed by atoms with E-state index in [4.69, 9.17) is 4.98 Å². The number of nitrogens with zero attached hydrogens (tertiary/aromatic N) is 2. The summed E-state index contributed by atoms with van der Waals surface area (Å²) in [5, 5.41) is 3.19. The van der Waals surface area contributed by atoms with Crippen LogP contribution < -0.4 is 4.90 Å². The van der Waals surface area contributed by atoms with Crippen LogP contribution in [0, 0.1) is 0 Å². The van der Waals surface area contributed by atoms with E-state index in [0.717, 1.165) is 23.8 Å². The van der Waals surface area contributed by atoms with Crippen molar-refractivity contribution in [3.63, 3.8) is 0 Å².